The molecule has 0 saturated heterocycles. The Labute approximate surface area is 96.5 Å². The summed E-state index contributed by atoms with van der Waals surface area (Å²) in [6.45, 7) is 0.443. The van der Waals surface area contributed by atoms with E-state index in [0.717, 1.165) is 4.88 Å². The third-order valence-corrected chi connectivity index (χ3v) is 2.90. The number of anilines is 1. The number of nitrogens with zero attached hydrogens (tertiary/aromatic N) is 1. The SMILES string of the molecule is Nc1ccccc1OCc1cnc(Cl)s1. The number of hydrogen-bond donors (Lipinski definition) is 1. The number of thiazole rings is 1. The first-order valence-corrected chi connectivity index (χ1v) is 5.52. The van der Waals surface area contributed by atoms with Crippen molar-refractivity contribution in [3.8, 4) is 5.75 Å². The third-order valence-electron chi connectivity index (χ3n) is 1.81. The van der Waals surface area contributed by atoms with Crippen LogP contribution >= 0.6 is 22.9 Å². The van der Waals surface area contributed by atoms with E-state index < -0.39 is 0 Å². The van der Waals surface area contributed by atoms with Gasteiger partial charge >= 0.3 is 0 Å². The summed E-state index contributed by atoms with van der Waals surface area (Å²) in [6, 6.07) is 7.38. The van der Waals surface area contributed by atoms with Crippen molar-refractivity contribution in [1.82, 2.24) is 4.98 Å². The Balaban J connectivity index is 2.02. The largest absolute Gasteiger partial charge is 0.486 e. The highest BCUT2D eigenvalue weighted by molar-refractivity contribution is 7.15. The molecule has 0 bridgehead atoms. The number of ether oxygens (including phenoxy) is 1. The summed E-state index contributed by atoms with van der Waals surface area (Å²) in [5, 5.41) is 0. The van der Waals surface area contributed by atoms with Gasteiger partial charge < -0.3 is 10.5 Å². The second kappa shape index (κ2) is 4.51. The molecule has 3 nitrogen and oxygen atoms in total. The fourth-order valence-corrected chi connectivity index (χ4v) is 2.00. The molecule has 0 amide bonds. The van der Waals surface area contributed by atoms with Gasteiger partial charge in [0.05, 0.1) is 10.6 Å². The van der Waals surface area contributed by atoms with Crippen molar-refractivity contribution in [1.29, 1.82) is 0 Å². The fraction of sp³-hybridized carbons (Fsp3) is 0.100. The molecular formula is C10H9ClN2OS. The predicted molar refractivity (Wildman–Crippen MR) is 62.3 cm³/mol. The second-order valence-electron chi connectivity index (χ2n) is 2.91. The smallest absolute Gasteiger partial charge is 0.183 e. The van der Waals surface area contributed by atoms with Crippen LogP contribution in [0.15, 0.2) is 30.5 Å². The lowest BCUT2D eigenvalue weighted by Crippen LogP contribution is -1.96. The van der Waals surface area contributed by atoms with Crippen molar-refractivity contribution in [3.05, 3.63) is 39.8 Å². The number of halogens is 1. The highest BCUT2D eigenvalue weighted by Crippen LogP contribution is 2.23. The van der Waals surface area contributed by atoms with E-state index >= 15 is 0 Å². The second-order valence-corrected chi connectivity index (χ2v) is 4.60. The minimum atomic E-state index is 0.443. The van der Waals surface area contributed by atoms with Crippen molar-refractivity contribution < 1.29 is 4.74 Å². The van der Waals surface area contributed by atoms with Crippen LogP contribution in [0, 0.1) is 0 Å². The van der Waals surface area contributed by atoms with E-state index in [4.69, 9.17) is 22.1 Å². The molecule has 0 fully saturated rings. The van der Waals surface area contributed by atoms with E-state index in [2.05, 4.69) is 4.98 Å². The first kappa shape index (κ1) is 10.3. The van der Waals surface area contributed by atoms with Crippen LogP contribution in [-0.2, 0) is 6.61 Å². The molecule has 0 aliphatic carbocycles. The quantitative estimate of drug-likeness (QED) is 0.840. The normalized spacial score (nSPS) is 10.2. The number of hydrogen-bond acceptors (Lipinski definition) is 4. The van der Waals surface area contributed by atoms with Gasteiger partial charge in [0.25, 0.3) is 0 Å². The van der Waals surface area contributed by atoms with Gasteiger partial charge in [0.1, 0.15) is 12.4 Å². The lowest BCUT2D eigenvalue weighted by atomic mass is 10.3. The fourth-order valence-electron chi connectivity index (χ4n) is 1.11. The summed E-state index contributed by atoms with van der Waals surface area (Å²) in [6.07, 6.45) is 1.70. The van der Waals surface area contributed by atoms with Crippen LogP contribution in [0.1, 0.15) is 4.88 Å². The Hall–Kier alpha value is -1.26. The van der Waals surface area contributed by atoms with Crippen LogP contribution in [0.4, 0.5) is 5.69 Å². The number of benzene rings is 1. The Morgan fingerprint density at radius 2 is 2.20 bits per heavy atom. The van der Waals surface area contributed by atoms with Gasteiger partial charge in [-0.25, -0.2) is 4.98 Å². The molecular weight excluding hydrogens is 232 g/mol. The molecule has 0 saturated carbocycles. The molecule has 0 radical (unpaired) electrons. The monoisotopic (exact) mass is 240 g/mol. The maximum atomic E-state index is 5.73. The van der Waals surface area contributed by atoms with E-state index in [0.29, 0.717) is 22.5 Å². The summed E-state index contributed by atoms with van der Waals surface area (Å²) in [7, 11) is 0. The van der Waals surface area contributed by atoms with Gasteiger partial charge in [0.15, 0.2) is 4.47 Å². The maximum Gasteiger partial charge on any atom is 0.183 e. The number of aromatic nitrogens is 1. The minimum absolute atomic E-state index is 0.443. The number of rotatable bonds is 3. The van der Waals surface area contributed by atoms with Crippen molar-refractivity contribution >= 4 is 28.6 Å². The van der Waals surface area contributed by atoms with E-state index in [1.165, 1.54) is 11.3 Å². The van der Waals surface area contributed by atoms with Gasteiger partial charge in [-0.15, -0.1) is 11.3 Å². The molecule has 0 atom stereocenters. The van der Waals surface area contributed by atoms with E-state index in [-0.39, 0.29) is 0 Å². The minimum Gasteiger partial charge on any atom is -0.486 e. The van der Waals surface area contributed by atoms with Gasteiger partial charge in [0.2, 0.25) is 0 Å². The zero-order valence-electron chi connectivity index (χ0n) is 7.81. The maximum absolute atomic E-state index is 5.73. The molecule has 2 rings (SSSR count). The molecule has 78 valence electrons. The topological polar surface area (TPSA) is 48.1 Å². The van der Waals surface area contributed by atoms with Crippen LogP contribution in [0.5, 0.6) is 5.75 Å². The highest BCUT2D eigenvalue weighted by atomic mass is 35.5. The van der Waals surface area contributed by atoms with E-state index in [9.17, 15) is 0 Å². The number of nitrogens with two attached hydrogens (primary N) is 1. The van der Waals surface area contributed by atoms with Crippen molar-refractivity contribution in [2.24, 2.45) is 0 Å². The van der Waals surface area contributed by atoms with Gasteiger partial charge in [-0.2, -0.15) is 0 Å². The lowest BCUT2D eigenvalue weighted by molar-refractivity contribution is 0.311. The molecule has 2 N–H and O–H groups in total. The van der Waals surface area contributed by atoms with E-state index in [1.807, 2.05) is 18.2 Å². The van der Waals surface area contributed by atoms with Crippen LogP contribution in [0.2, 0.25) is 4.47 Å². The third kappa shape index (κ3) is 2.61. The van der Waals surface area contributed by atoms with Crippen LogP contribution in [0.3, 0.4) is 0 Å². The first-order valence-electron chi connectivity index (χ1n) is 4.33. The zero-order valence-corrected chi connectivity index (χ0v) is 9.39. The molecule has 1 aromatic carbocycles. The number of para-hydroxylation sites is 2. The molecule has 15 heavy (non-hydrogen) atoms. The average molecular weight is 241 g/mol. The lowest BCUT2D eigenvalue weighted by Gasteiger charge is -2.06. The van der Waals surface area contributed by atoms with Gasteiger partial charge in [0, 0.05) is 6.20 Å². The molecule has 0 unspecified atom stereocenters. The Bertz CT molecular complexity index is 458. The van der Waals surface area contributed by atoms with Crippen LogP contribution in [0.25, 0.3) is 0 Å². The molecule has 0 aliphatic rings. The Kier molecular flexibility index (Phi) is 3.08. The molecule has 5 heteroatoms. The summed E-state index contributed by atoms with van der Waals surface area (Å²) in [5.41, 5.74) is 6.36. The highest BCUT2D eigenvalue weighted by Gasteiger charge is 2.02. The molecule has 2 aromatic rings. The molecule has 1 aromatic heterocycles. The zero-order chi connectivity index (χ0) is 10.7. The molecule has 0 aliphatic heterocycles. The standard InChI is InChI=1S/C10H9ClN2OS/c11-10-13-5-7(15-10)6-14-9-4-2-1-3-8(9)12/h1-5H,6,12H2. The van der Waals surface area contributed by atoms with Crippen molar-refractivity contribution in [2.45, 2.75) is 6.61 Å². The summed E-state index contributed by atoms with van der Waals surface area (Å²) < 4.78 is 6.05. The van der Waals surface area contributed by atoms with Crippen molar-refractivity contribution in [3.63, 3.8) is 0 Å². The summed E-state index contributed by atoms with van der Waals surface area (Å²) in [5.74, 6) is 0.682. The van der Waals surface area contributed by atoms with Gasteiger partial charge in [-0.3, -0.25) is 0 Å². The summed E-state index contributed by atoms with van der Waals surface area (Å²) in [4.78, 5) is 4.90. The van der Waals surface area contributed by atoms with E-state index in [1.54, 1.807) is 12.3 Å². The molecule has 0 spiro atoms. The Morgan fingerprint density at radius 1 is 1.40 bits per heavy atom. The summed E-state index contributed by atoms with van der Waals surface area (Å²) >= 11 is 7.10. The van der Waals surface area contributed by atoms with Gasteiger partial charge in [-0.1, -0.05) is 23.7 Å². The average Bonchev–Trinajstić information content (AvgIpc) is 2.63. The van der Waals surface area contributed by atoms with Crippen molar-refractivity contribution in [2.75, 3.05) is 5.73 Å². The molecule has 1 heterocycles. The first-order chi connectivity index (χ1) is 7.25. The van der Waals surface area contributed by atoms with Crippen LogP contribution < -0.4 is 10.5 Å². The predicted octanol–water partition coefficient (Wildman–Crippen LogP) is 2.96. The Morgan fingerprint density at radius 3 is 2.87 bits per heavy atom. The van der Waals surface area contributed by atoms with Crippen LogP contribution in [-0.4, -0.2) is 4.98 Å². The van der Waals surface area contributed by atoms with Gasteiger partial charge in [-0.05, 0) is 12.1 Å². The number of nitrogen functional groups attached to an aromatic ring is 1.